The summed E-state index contributed by atoms with van der Waals surface area (Å²) in [4.78, 5) is 2.17. The van der Waals surface area contributed by atoms with E-state index in [1.54, 1.807) is 7.11 Å². The lowest BCUT2D eigenvalue weighted by Gasteiger charge is -2.26. The maximum atomic E-state index is 8.95. The maximum absolute atomic E-state index is 8.95. The van der Waals surface area contributed by atoms with E-state index in [0.29, 0.717) is 13.2 Å². The molecule has 0 saturated carbocycles. The van der Waals surface area contributed by atoms with E-state index in [0.717, 1.165) is 25.9 Å². The zero-order chi connectivity index (χ0) is 13.3. The minimum atomic E-state index is -0.230. The van der Waals surface area contributed by atoms with Crippen LogP contribution in [-0.2, 0) is 4.74 Å². The van der Waals surface area contributed by atoms with Gasteiger partial charge in [0.25, 0.3) is 0 Å². The molecule has 5 heteroatoms. The van der Waals surface area contributed by atoms with Gasteiger partial charge in [-0.25, -0.2) is 0 Å². The average Bonchev–Trinajstić information content (AvgIpc) is 2.25. The molecule has 5 nitrogen and oxygen atoms in total. The summed E-state index contributed by atoms with van der Waals surface area (Å²) in [5, 5.41) is 16.4. The van der Waals surface area contributed by atoms with E-state index in [1.807, 2.05) is 13.8 Å². The summed E-state index contributed by atoms with van der Waals surface area (Å²) in [6.07, 6.45) is 1.85. The normalized spacial score (nSPS) is 12.1. The Labute approximate surface area is 104 Å². The Balaban J connectivity index is 3.92. The van der Waals surface area contributed by atoms with Gasteiger partial charge in [0.2, 0.25) is 0 Å². The number of nitrogens with zero attached hydrogens (tertiary/aromatic N) is 1. The molecule has 0 aromatic heterocycles. The van der Waals surface area contributed by atoms with Crippen LogP contribution in [0.2, 0.25) is 0 Å². The molecule has 102 valence electrons. The minimum absolute atomic E-state index is 0.166. The molecule has 0 aromatic rings. The topological polar surface area (TPSA) is 82.6 Å². The molecule has 4 N–H and O–H groups in total. The van der Waals surface area contributed by atoms with Crippen LogP contribution < -0.4 is 5.73 Å². The highest BCUT2D eigenvalue weighted by Gasteiger charge is 2.21. The molecule has 0 fully saturated rings. The van der Waals surface area contributed by atoms with Crippen molar-refractivity contribution < 1.29 is 9.84 Å². The molecular weight excluding hydrogens is 218 g/mol. The Morgan fingerprint density at radius 3 is 2.47 bits per heavy atom. The van der Waals surface area contributed by atoms with Crippen LogP contribution in [0.4, 0.5) is 0 Å². The monoisotopic (exact) mass is 245 g/mol. The molecule has 0 unspecified atom stereocenters. The molecule has 0 bridgehead atoms. The molecule has 0 aliphatic rings. The molecule has 0 amide bonds. The molecule has 0 atom stereocenters. The summed E-state index contributed by atoms with van der Waals surface area (Å²) in [7, 11) is 1.68. The zero-order valence-electron chi connectivity index (χ0n) is 11.3. The first-order chi connectivity index (χ1) is 7.94. The summed E-state index contributed by atoms with van der Waals surface area (Å²) >= 11 is 0. The summed E-state index contributed by atoms with van der Waals surface area (Å²) in [6.45, 7) is 7.22. The summed E-state index contributed by atoms with van der Waals surface area (Å²) < 4.78 is 5.03. The van der Waals surface area contributed by atoms with E-state index in [2.05, 4.69) is 4.90 Å². The second-order valence-electron chi connectivity index (χ2n) is 4.96. The van der Waals surface area contributed by atoms with Gasteiger partial charge in [0, 0.05) is 25.6 Å². The number of ether oxygens (including phenoxy) is 1. The SMILES string of the molecule is COCCN(CCO)CCCC(C)(C)C(=N)N. The van der Waals surface area contributed by atoms with Crippen molar-refractivity contribution in [2.75, 3.05) is 40.0 Å². The van der Waals surface area contributed by atoms with Crippen molar-refractivity contribution in [3.05, 3.63) is 0 Å². The van der Waals surface area contributed by atoms with Gasteiger partial charge in [-0.15, -0.1) is 0 Å². The fourth-order valence-electron chi connectivity index (χ4n) is 1.58. The van der Waals surface area contributed by atoms with Crippen molar-refractivity contribution >= 4 is 5.84 Å². The highest BCUT2D eigenvalue weighted by molar-refractivity contribution is 5.82. The lowest BCUT2D eigenvalue weighted by Crippen LogP contribution is -2.34. The first-order valence-electron chi connectivity index (χ1n) is 6.10. The van der Waals surface area contributed by atoms with Crippen LogP contribution in [0.5, 0.6) is 0 Å². The summed E-state index contributed by atoms with van der Waals surface area (Å²) in [5.74, 6) is 0.239. The Morgan fingerprint density at radius 1 is 1.35 bits per heavy atom. The highest BCUT2D eigenvalue weighted by Crippen LogP contribution is 2.21. The fourth-order valence-corrected chi connectivity index (χ4v) is 1.58. The van der Waals surface area contributed by atoms with Crippen LogP contribution in [0, 0.1) is 10.8 Å². The first-order valence-corrected chi connectivity index (χ1v) is 6.10. The number of hydrogen-bond acceptors (Lipinski definition) is 4. The number of aliphatic hydroxyl groups excluding tert-OH is 1. The molecule has 0 aliphatic heterocycles. The molecule has 0 radical (unpaired) electrons. The van der Waals surface area contributed by atoms with Crippen LogP contribution in [0.1, 0.15) is 26.7 Å². The van der Waals surface area contributed by atoms with Crippen LogP contribution >= 0.6 is 0 Å². The second-order valence-corrected chi connectivity index (χ2v) is 4.96. The Morgan fingerprint density at radius 2 is 2.00 bits per heavy atom. The van der Waals surface area contributed by atoms with E-state index in [4.69, 9.17) is 21.0 Å². The van der Waals surface area contributed by atoms with E-state index in [1.165, 1.54) is 0 Å². The van der Waals surface area contributed by atoms with E-state index >= 15 is 0 Å². The highest BCUT2D eigenvalue weighted by atomic mass is 16.5. The third-order valence-electron chi connectivity index (χ3n) is 3.03. The van der Waals surface area contributed by atoms with Crippen LogP contribution in [0.3, 0.4) is 0 Å². The molecule has 0 spiro atoms. The number of aliphatic hydroxyl groups is 1. The van der Waals surface area contributed by atoms with Gasteiger partial charge in [-0.1, -0.05) is 13.8 Å². The molecule has 0 rings (SSSR count). The lowest BCUT2D eigenvalue weighted by atomic mass is 9.86. The van der Waals surface area contributed by atoms with Gasteiger partial charge >= 0.3 is 0 Å². The standard InChI is InChI=1S/C12H27N3O2/c1-12(2,11(13)14)5-4-6-15(7-9-16)8-10-17-3/h16H,4-10H2,1-3H3,(H3,13,14). The molecular formula is C12H27N3O2. The van der Waals surface area contributed by atoms with Gasteiger partial charge in [-0.2, -0.15) is 0 Å². The lowest BCUT2D eigenvalue weighted by molar-refractivity contribution is 0.128. The van der Waals surface area contributed by atoms with E-state index in [9.17, 15) is 0 Å². The molecule has 0 heterocycles. The van der Waals surface area contributed by atoms with Crippen molar-refractivity contribution in [3.8, 4) is 0 Å². The van der Waals surface area contributed by atoms with Crippen molar-refractivity contribution in [2.24, 2.45) is 11.1 Å². The smallest absolute Gasteiger partial charge is 0.0963 e. The predicted molar refractivity (Wildman–Crippen MR) is 70.3 cm³/mol. The Bertz CT molecular complexity index is 220. The number of nitrogens with one attached hydrogen (secondary N) is 1. The van der Waals surface area contributed by atoms with Gasteiger partial charge in [-0.3, -0.25) is 10.3 Å². The van der Waals surface area contributed by atoms with Gasteiger partial charge in [0.05, 0.1) is 19.0 Å². The summed E-state index contributed by atoms with van der Waals surface area (Å²) in [6, 6.07) is 0. The number of rotatable bonds is 10. The molecule has 0 saturated heterocycles. The van der Waals surface area contributed by atoms with Crippen LogP contribution in [-0.4, -0.2) is 55.8 Å². The largest absolute Gasteiger partial charge is 0.395 e. The maximum Gasteiger partial charge on any atom is 0.0963 e. The minimum Gasteiger partial charge on any atom is -0.395 e. The molecule has 17 heavy (non-hydrogen) atoms. The van der Waals surface area contributed by atoms with Crippen molar-refractivity contribution in [1.82, 2.24) is 4.90 Å². The van der Waals surface area contributed by atoms with Crippen molar-refractivity contribution in [2.45, 2.75) is 26.7 Å². The van der Waals surface area contributed by atoms with Crippen molar-refractivity contribution in [3.63, 3.8) is 0 Å². The second kappa shape index (κ2) is 8.44. The fraction of sp³-hybridized carbons (Fsp3) is 0.917. The van der Waals surface area contributed by atoms with Crippen LogP contribution in [0.25, 0.3) is 0 Å². The first kappa shape index (κ1) is 16.4. The number of hydrogen-bond donors (Lipinski definition) is 3. The molecule has 0 aromatic carbocycles. The Kier molecular flexibility index (Phi) is 8.12. The summed E-state index contributed by atoms with van der Waals surface area (Å²) in [5.41, 5.74) is 5.31. The molecule has 0 aliphatic carbocycles. The van der Waals surface area contributed by atoms with Crippen LogP contribution in [0.15, 0.2) is 0 Å². The van der Waals surface area contributed by atoms with Crippen molar-refractivity contribution in [1.29, 1.82) is 5.41 Å². The van der Waals surface area contributed by atoms with Gasteiger partial charge in [0.1, 0.15) is 0 Å². The number of nitrogens with two attached hydrogens (primary N) is 1. The van der Waals surface area contributed by atoms with E-state index < -0.39 is 0 Å². The number of methoxy groups -OCH3 is 1. The van der Waals surface area contributed by atoms with Gasteiger partial charge < -0.3 is 15.6 Å². The van der Waals surface area contributed by atoms with Gasteiger partial charge in [0.15, 0.2) is 0 Å². The van der Waals surface area contributed by atoms with E-state index in [-0.39, 0.29) is 17.9 Å². The zero-order valence-corrected chi connectivity index (χ0v) is 11.3. The quantitative estimate of drug-likeness (QED) is 0.390. The average molecular weight is 245 g/mol. The third kappa shape index (κ3) is 7.31. The van der Waals surface area contributed by atoms with Gasteiger partial charge in [-0.05, 0) is 19.4 Å². The third-order valence-corrected chi connectivity index (χ3v) is 3.03. The predicted octanol–water partition coefficient (Wildman–Crippen LogP) is 0.669. The Hall–Kier alpha value is -0.650. The number of amidine groups is 1.